The Labute approximate surface area is 117 Å². The van der Waals surface area contributed by atoms with Gasteiger partial charge in [-0.1, -0.05) is 60.7 Å². The summed E-state index contributed by atoms with van der Waals surface area (Å²) in [6, 6.07) is 19.4. The van der Waals surface area contributed by atoms with Gasteiger partial charge in [-0.15, -0.1) is 0 Å². The number of rotatable bonds is 5. The average Bonchev–Trinajstić information content (AvgIpc) is 2.49. The number of amides is 1. The Morgan fingerprint density at radius 2 is 1.40 bits per heavy atom. The second-order valence-corrected chi connectivity index (χ2v) is 4.41. The van der Waals surface area contributed by atoms with Gasteiger partial charge < -0.3 is 10.4 Å². The lowest BCUT2D eigenvalue weighted by atomic mass is 10.1. The van der Waals surface area contributed by atoms with Gasteiger partial charge in [0.05, 0.1) is 0 Å². The van der Waals surface area contributed by atoms with E-state index in [-0.39, 0.29) is 5.91 Å². The second kappa shape index (κ2) is 7.02. The molecule has 0 fully saturated rings. The molecule has 0 heterocycles. The molecule has 2 aromatic rings. The molecule has 4 nitrogen and oxygen atoms in total. The molecule has 100 valence electrons. The van der Waals surface area contributed by atoms with Gasteiger partial charge >= 0.3 is 12.1 Å². The molecule has 2 aromatic carbocycles. The number of carbonyl (C=O) groups excluding carboxylic acids is 1. The van der Waals surface area contributed by atoms with Crippen LogP contribution in [-0.2, 0) is 17.9 Å². The topological polar surface area (TPSA) is 56.7 Å². The van der Waals surface area contributed by atoms with Gasteiger partial charge in [-0.25, -0.2) is 0 Å². The fourth-order valence-corrected chi connectivity index (χ4v) is 1.95. The molecular weight excluding hydrogens is 250 g/mol. The summed E-state index contributed by atoms with van der Waals surface area (Å²) in [6.45, 7) is 0.946. The summed E-state index contributed by atoms with van der Waals surface area (Å²) in [4.78, 5) is 16.4. The van der Waals surface area contributed by atoms with Gasteiger partial charge in [-0.2, -0.15) is 4.79 Å². The van der Waals surface area contributed by atoms with Crippen LogP contribution >= 0.6 is 0 Å². The molecule has 20 heavy (non-hydrogen) atoms. The SMILES string of the molecule is [N-]=[N+]=CC(=O)N(Cc1ccccc1)Cc1ccccc1. The zero-order valence-corrected chi connectivity index (χ0v) is 11.0. The van der Waals surface area contributed by atoms with Crippen molar-refractivity contribution in [2.24, 2.45) is 0 Å². The summed E-state index contributed by atoms with van der Waals surface area (Å²) in [5.41, 5.74) is 10.6. The number of hydrogen-bond acceptors (Lipinski definition) is 1. The molecule has 0 aliphatic rings. The van der Waals surface area contributed by atoms with Crippen LogP contribution in [0.25, 0.3) is 5.53 Å². The van der Waals surface area contributed by atoms with E-state index < -0.39 is 0 Å². The molecule has 0 saturated carbocycles. The third-order valence-electron chi connectivity index (χ3n) is 2.91. The van der Waals surface area contributed by atoms with E-state index in [2.05, 4.69) is 4.79 Å². The highest BCUT2D eigenvalue weighted by molar-refractivity contribution is 6.23. The van der Waals surface area contributed by atoms with Gasteiger partial charge in [0.25, 0.3) is 0 Å². The van der Waals surface area contributed by atoms with Crippen molar-refractivity contribution in [3.63, 3.8) is 0 Å². The molecule has 0 aromatic heterocycles. The fourth-order valence-electron chi connectivity index (χ4n) is 1.95. The van der Waals surface area contributed by atoms with Gasteiger partial charge in [0.1, 0.15) is 0 Å². The number of nitrogens with zero attached hydrogens (tertiary/aromatic N) is 3. The molecule has 0 aliphatic carbocycles. The highest BCUT2D eigenvalue weighted by Gasteiger charge is 2.15. The van der Waals surface area contributed by atoms with Crippen molar-refractivity contribution < 1.29 is 9.58 Å². The van der Waals surface area contributed by atoms with Crippen LogP contribution in [0.2, 0.25) is 0 Å². The summed E-state index contributed by atoms with van der Waals surface area (Å²) in [5.74, 6) is -0.319. The first-order valence-corrected chi connectivity index (χ1v) is 6.34. The number of hydrogen-bond donors (Lipinski definition) is 0. The van der Waals surface area contributed by atoms with Crippen molar-refractivity contribution in [2.75, 3.05) is 0 Å². The normalized spacial score (nSPS) is 9.60. The lowest BCUT2D eigenvalue weighted by molar-refractivity contribution is -0.128. The summed E-state index contributed by atoms with van der Waals surface area (Å²) < 4.78 is 0. The maximum Gasteiger partial charge on any atom is 0.344 e. The second-order valence-electron chi connectivity index (χ2n) is 4.41. The van der Waals surface area contributed by atoms with Crippen molar-refractivity contribution in [3.8, 4) is 0 Å². The molecule has 0 N–H and O–H groups in total. The highest BCUT2D eigenvalue weighted by atomic mass is 16.2. The summed E-state index contributed by atoms with van der Waals surface area (Å²) in [5, 5.41) is 0. The molecule has 1 amide bonds. The van der Waals surface area contributed by atoms with E-state index in [9.17, 15) is 4.79 Å². The average molecular weight is 265 g/mol. The molecule has 0 radical (unpaired) electrons. The van der Waals surface area contributed by atoms with Crippen LogP contribution in [0.1, 0.15) is 11.1 Å². The van der Waals surface area contributed by atoms with Crippen molar-refractivity contribution in [3.05, 3.63) is 77.3 Å². The molecular formula is C16H15N3O. The summed E-state index contributed by atoms with van der Waals surface area (Å²) >= 11 is 0. The Balaban J connectivity index is 2.16. The molecule has 0 unspecified atom stereocenters. The molecule has 0 saturated heterocycles. The van der Waals surface area contributed by atoms with Gasteiger partial charge in [0.15, 0.2) is 0 Å². The fraction of sp³-hybridized carbons (Fsp3) is 0.125. The summed E-state index contributed by atoms with van der Waals surface area (Å²) in [6.07, 6.45) is 0.923. The lowest BCUT2D eigenvalue weighted by Crippen LogP contribution is -2.31. The molecule has 0 aliphatic heterocycles. The molecule has 0 atom stereocenters. The van der Waals surface area contributed by atoms with Crippen LogP contribution in [0.3, 0.4) is 0 Å². The van der Waals surface area contributed by atoms with Gasteiger partial charge in [-0.3, -0.25) is 4.79 Å². The van der Waals surface area contributed by atoms with Crippen LogP contribution in [0.4, 0.5) is 0 Å². The smallest absolute Gasteiger partial charge is 0.344 e. The van der Waals surface area contributed by atoms with Crippen LogP contribution in [0.5, 0.6) is 0 Å². The Morgan fingerprint density at radius 3 is 1.80 bits per heavy atom. The van der Waals surface area contributed by atoms with Gasteiger partial charge in [-0.05, 0) is 11.1 Å². The van der Waals surface area contributed by atoms with Crippen LogP contribution in [0, 0.1) is 0 Å². The van der Waals surface area contributed by atoms with Crippen LogP contribution in [0.15, 0.2) is 60.7 Å². The molecule has 4 heteroatoms. The van der Waals surface area contributed by atoms with Gasteiger partial charge in [0, 0.05) is 13.1 Å². The molecule has 2 rings (SSSR count). The standard InChI is InChI=1S/C16H15N3O/c17-18-11-16(20)19(12-14-7-3-1-4-8-14)13-15-9-5-2-6-10-15/h1-11H,12-13H2. The lowest BCUT2D eigenvalue weighted by Gasteiger charge is -2.19. The quantitative estimate of drug-likeness (QED) is 0.465. The first-order valence-electron chi connectivity index (χ1n) is 6.34. The maximum atomic E-state index is 12.0. The minimum atomic E-state index is -0.319. The van der Waals surface area contributed by atoms with Gasteiger partial charge in [0.2, 0.25) is 0 Å². The van der Waals surface area contributed by atoms with E-state index >= 15 is 0 Å². The predicted octanol–water partition coefficient (Wildman–Crippen LogP) is 2.52. The predicted molar refractivity (Wildman–Crippen MR) is 76.8 cm³/mol. The van der Waals surface area contributed by atoms with E-state index in [0.717, 1.165) is 17.3 Å². The first kappa shape index (κ1) is 13.7. The zero-order chi connectivity index (χ0) is 14.2. The molecule has 0 spiro atoms. The van der Waals surface area contributed by atoms with E-state index in [1.165, 1.54) is 0 Å². The Hall–Kier alpha value is -2.71. The van der Waals surface area contributed by atoms with E-state index in [1.54, 1.807) is 4.90 Å². The minimum Gasteiger partial charge on any atom is -0.361 e. The van der Waals surface area contributed by atoms with Crippen molar-refractivity contribution in [1.82, 2.24) is 4.90 Å². The Morgan fingerprint density at radius 1 is 0.950 bits per heavy atom. The first-order chi connectivity index (χ1) is 9.79. The largest absolute Gasteiger partial charge is 0.361 e. The van der Waals surface area contributed by atoms with Crippen molar-refractivity contribution in [1.29, 1.82) is 0 Å². The van der Waals surface area contributed by atoms with Crippen molar-refractivity contribution in [2.45, 2.75) is 13.1 Å². The van der Waals surface area contributed by atoms with Crippen molar-refractivity contribution >= 4 is 12.1 Å². The highest BCUT2D eigenvalue weighted by Crippen LogP contribution is 2.09. The maximum absolute atomic E-state index is 12.0. The number of carbonyl (C=O) groups is 1. The monoisotopic (exact) mass is 265 g/mol. The zero-order valence-electron chi connectivity index (χ0n) is 11.0. The third kappa shape index (κ3) is 3.90. The van der Waals surface area contributed by atoms with E-state index in [1.807, 2.05) is 60.7 Å². The van der Waals surface area contributed by atoms with E-state index in [0.29, 0.717) is 13.1 Å². The Bertz CT molecular complexity index is 563. The number of benzene rings is 2. The van der Waals surface area contributed by atoms with Crippen LogP contribution < -0.4 is 0 Å². The van der Waals surface area contributed by atoms with E-state index in [4.69, 9.17) is 5.53 Å². The third-order valence-corrected chi connectivity index (χ3v) is 2.91. The summed E-state index contributed by atoms with van der Waals surface area (Å²) in [7, 11) is 0. The Kier molecular flexibility index (Phi) is 4.81. The minimum absolute atomic E-state index is 0.319. The molecule has 0 bridgehead atoms. The van der Waals surface area contributed by atoms with Crippen LogP contribution in [-0.4, -0.2) is 21.8 Å².